The molecule has 26 heavy (non-hydrogen) atoms. The quantitative estimate of drug-likeness (QED) is 0.561. The van der Waals surface area contributed by atoms with Gasteiger partial charge in [0.1, 0.15) is 12.6 Å². The van der Waals surface area contributed by atoms with Crippen LogP contribution in [-0.2, 0) is 28.6 Å². The van der Waals surface area contributed by atoms with Crippen molar-refractivity contribution < 1.29 is 28.6 Å². The zero-order chi connectivity index (χ0) is 19.5. The molecule has 1 N–H and O–H groups in total. The lowest BCUT2D eigenvalue weighted by Crippen LogP contribution is -2.39. The van der Waals surface area contributed by atoms with E-state index in [-0.39, 0.29) is 55.9 Å². The molecule has 0 aromatic carbocycles. The zero-order valence-corrected chi connectivity index (χ0v) is 15.9. The van der Waals surface area contributed by atoms with E-state index in [1.54, 1.807) is 32.3 Å². The van der Waals surface area contributed by atoms with Crippen molar-refractivity contribution >= 4 is 17.8 Å². The van der Waals surface area contributed by atoms with Gasteiger partial charge in [-0.3, -0.25) is 9.59 Å². The van der Waals surface area contributed by atoms with Crippen molar-refractivity contribution in [1.29, 1.82) is 0 Å². The molecule has 0 aliphatic carbocycles. The Morgan fingerprint density at radius 3 is 2.38 bits per heavy atom. The van der Waals surface area contributed by atoms with E-state index in [2.05, 4.69) is 5.32 Å². The fraction of sp³-hybridized carbons (Fsp3) is 0.632. The lowest BCUT2D eigenvalue weighted by Gasteiger charge is -2.20. The number of cyclic esters (lactones) is 2. The van der Waals surface area contributed by atoms with Crippen LogP contribution in [0.2, 0.25) is 0 Å². The number of amides is 1. The smallest absolute Gasteiger partial charge is 0.328 e. The van der Waals surface area contributed by atoms with Gasteiger partial charge in [-0.1, -0.05) is 38.2 Å². The first-order chi connectivity index (χ1) is 12.3. The number of hydrogen-bond donors (Lipinski definition) is 1. The second-order valence-electron chi connectivity index (χ2n) is 6.48. The van der Waals surface area contributed by atoms with Crippen molar-refractivity contribution in [3.8, 4) is 0 Å². The summed E-state index contributed by atoms with van der Waals surface area (Å²) >= 11 is 0. The maximum atomic E-state index is 11.9. The third-order valence-electron chi connectivity index (χ3n) is 4.01. The highest BCUT2D eigenvalue weighted by atomic mass is 16.6. The zero-order valence-electron chi connectivity index (χ0n) is 15.9. The molecule has 1 heterocycles. The molecule has 0 spiro atoms. The molecule has 0 bridgehead atoms. The van der Waals surface area contributed by atoms with Crippen molar-refractivity contribution in [2.45, 2.75) is 45.8 Å². The summed E-state index contributed by atoms with van der Waals surface area (Å²) < 4.78 is 15.8. The molecule has 0 unspecified atom stereocenters. The topological polar surface area (TPSA) is 90.9 Å². The second-order valence-corrected chi connectivity index (χ2v) is 6.48. The third-order valence-corrected chi connectivity index (χ3v) is 4.01. The number of carbonyl (C=O) groups excluding carboxylic acids is 3. The summed E-state index contributed by atoms with van der Waals surface area (Å²) in [5.74, 6) is -1.21. The first-order valence-electron chi connectivity index (χ1n) is 8.81. The van der Waals surface area contributed by atoms with E-state index >= 15 is 0 Å². The van der Waals surface area contributed by atoms with Crippen LogP contribution < -0.4 is 5.32 Å². The standard InChI is InChI=1S/C19H29NO6/c1-13-7-5-10-18(22)25-12-16(24-4)14(2)8-6-9-17(21)20-15(3)19(23)26-11-13/h5-8,13-16H,9-12H2,1-4H3,(H,20,21)/b7-5+,8-6+/t13-,14-,15+,16-/m0/s1. The normalized spacial score (nSPS) is 32.4. The summed E-state index contributed by atoms with van der Waals surface area (Å²) in [5, 5.41) is 2.61. The van der Waals surface area contributed by atoms with E-state index in [1.807, 2.05) is 19.9 Å². The average Bonchev–Trinajstić information content (AvgIpc) is 2.59. The van der Waals surface area contributed by atoms with E-state index in [0.29, 0.717) is 0 Å². The first kappa shape index (κ1) is 21.9. The molecular formula is C19H29NO6. The van der Waals surface area contributed by atoms with Crippen molar-refractivity contribution in [1.82, 2.24) is 5.32 Å². The van der Waals surface area contributed by atoms with Crippen LogP contribution in [0.1, 0.15) is 33.6 Å². The highest BCUT2D eigenvalue weighted by Gasteiger charge is 2.19. The third kappa shape index (κ3) is 8.29. The second kappa shape index (κ2) is 11.5. The highest BCUT2D eigenvalue weighted by molar-refractivity contribution is 5.84. The average molecular weight is 367 g/mol. The summed E-state index contributed by atoms with van der Waals surface area (Å²) in [6, 6.07) is -0.718. The number of nitrogens with one attached hydrogen (secondary N) is 1. The molecular weight excluding hydrogens is 338 g/mol. The largest absolute Gasteiger partial charge is 0.464 e. The summed E-state index contributed by atoms with van der Waals surface area (Å²) in [7, 11) is 1.55. The van der Waals surface area contributed by atoms with E-state index in [9.17, 15) is 14.4 Å². The SMILES string of the molecule is CO[C@H]1COC(=O)C/C=C/[C@H](C)COC(=O)[C@@H](C)NC(=O)C/C=C/[C@@H]1C. The summed E-state index contributed by atoms with van der Waals surface area (Å²) in [5.41, 5.74) is 0. The minimum Gasteiger partial charge on any atom is -0.464 e. The van der Waals surface area contributed by atoms with Crippen molar-refractivity contribution in [2.24, 2.45) is 11.8 Å². The van der Waals surface area contributed by atoms with Crippen LogP contribution in [0.15, 0.2) is 24.3 Å². The molecule has 0 saturated heterocycles. The van der Waals surface area contributed by atoms with Crippen LogP contribution in [0.4, 0.5) is 0 Å². The van der Waals surface area contributed by atoms with Crippen LogP contribution in [0.25, 0.3) is 0 Å². The highest BCUT2D eigenvalue weighted by Crippen LogP contribution is 2.11. The monoisotopic (exact) mass is 367 g/mol. The summed E-state index contributed by atoms with van der Waals surface area (Å²) in [6.45, 7) is 5.68. The Hall–Kier alpha value is -2.15. The van der Waals surface area contributed by atoms with Gasteiger partial charge < -0.3 is 19.5 Å². The molecule has 1 rings (SSSR count). The molecule has 1 aliphatic heterocycles. The van der Waals surface area contributed by atoms with Crippen molar-refractivity contribution in [3.05, 3.63) is 24.3 Å². The molecule has 146 valence electrons. The van der Waals surface area contributed by atoms with Crippen molar-refractivity contribution in [3.63, 3.8) is 0 Å². The molecule has 0 radical (unpaired) electrons. The molecule has 7 heteroatoms. The Kier molecular flexibility index (Phi) is 9.65. The number of carbonyl (C=O) groups is 3. The number of esters is 2. The molecule has 0 aromatic rings. The van der Waals surface area contributed by atoms with Gasteiger partial charge >= 0.3 is 11.9 Å². The van der Waals surface area contributed by atoms with Crippen LogP contribution in [0.3, 0.4) is 0 Å². The molecule has 0 fully saturated rings. The molecule has 0 aromatic heterocycles. The van der Waals surface area contributed by atoms with Gasteiger partial charge in [0.05, 0.1) is 19.1 Å². The van der Waals surface area contributed by atoms with Crippen LogP contribution in [-0.4, -0.2) is 50.3 Å². The minimum absolute atomic E-state index is 0.0440. The Morgan fingerprint density at radius 2 is 1.69 bits per heavy atom. The molecule has 4 atom stereocenters. The van der Waals surface area contributed by atoms with Gasteiger partial charge in [0, 0.05) is 25.4 Å². The lowest BCUT2D eigenvalue weighted by atomic mass is 10.0. The van der Waals surface area contributed by atoms with Crippen molar-refractivity contribution in [2.75, 3.05) is 20.3 Å². The van der Waals surface area contributed by atoms with Crippen LogP contribution >= 0.6 is 0 Å². The fourth-order valence-corrected chi connectivity index (χ4v) is 2.33. The number of methoxy groups -OCH3 is 1. The van der Waals surface area contributed by atoms with Gasteiger partial charge in [-0.15, -0.1) is 0 Å². The predicted octanol–water partition coefficient (Wildman–Crippen LogP) is 1.77. The first-order valence-corrected chi connectivity index (χ1v) is 8.81. The van der Waals surface area contributed by atoms with Crippen LogP contribution in [0, 0.1) is 11.8 Å². The molecule has 1 amide bonds. The van der Waals surface area contributed by atoms with Gasteiger partial charge in [-0.05, 0) is 6.92 Å². The van der Waals surface area contributed by atoms with Gasteiger partial charge in [-0.25, -0.2) is 4.79 Å². The van der Waals surface area contributed by atoms with Gasteiger partial charge in [-0.2, -0.15) is 0 Å². The number of rotatable bonds is 1. The lowest BCUT2D eigenvalue weighted by molar-refractivity contribution is -0.148. The van der Waals surface area contributed by atoms with Crippen LogP contribution in [0.5, 0.6) is 0 Å². The Labute approximate surface area is 154 Å². The van der Waals surface area contributed by atoms with Gasteiger partial charge in [0.2, 0.25) is 5.91 Å². The van der Waals surface area contributed by atoms with E-state index in [0.717, 1.165) is 0 Å². The van der Waals surface area contributed by atoms with E-state index in [1.165, 1.54) is 0 Å². The molecule has 0 saturated carbocycles. The maximum Gasteiger partial charge on any atom is 0.328 e. The minimum atomic E-state index is -0.718. The fourth-order valence-electron chi connectivity index (χ4n) is 2.33. The number of ether oxygens (including phenoxy) is 3. The van der Waals surface area contributed by atoms with E-state index < -0.39 is 12.0 Å². The van der Waals surface area contributed by atoms with E-state index in [4.69, 9.17) is 14.2 Å². The summed E-state index contributed by atoms with van der Waals surface area (Å²) in [4.78, 5) is 35.6. The number of hydrogen-bond acceptors (Lipinski definition) is 6. The Balaban J connectivity index is 2.80. The predicted molar refractivity (Wildman–Crippen MR) is 96.2 cm³/mol. The summed E-state index contributed by atoms with van der Waals surface area (Å²) in [6.07, 6.45) is 7.01. The molecule has 1 aliphatic rings. The Morgan fingerprint density at radius 1 is 1.00 bits per heavy atom. The maximum absolute atomic E-state index is 11.9. The Bertz CT molecular complexity index is 542. The molecule has 7 nitrogen and oxygen atoms in total. The van der Waals surface area contributed by atoms with Gasteiger partial charge in [0.25, 0.3) is 0 Å². The van der Waals surface area contributed by atoms with Gasteiger partial charge in [0.15, 0.2) is 0 Å².